The molecule has 0 spiro atoms. The van der Waals surface area contributed by atoms with Crippen molar-refractivity contribution in [2.24, 2.45) is 0 Å². The monoisotopic (exact) mass is 846 g/mol. The second-order valence-electron chi connectivity index (χ2n) is 13.5. The van der Waals surface area contributed by atoms with Gasteiger partial charge in [0.2, 0.25) is 0 Å². The first-order chi connectivity index (χ1) is 25.0. The molecule has 0 amide bonds. The van der Waals surface area contributed by atoms with E-state index in [1.54, 1.807) is 0 Å². The molecule has 0 atom stereocenters. The van der Waals surface area contributed by atoms with Crippen molar-refractivity contribution >= 4 is 76.7 Å². The Hall–Kier alpha value is -5.74. The van der Waals surface area contributed by atoms with Crippen LogP contribution in [-0.4, -0.2) is 16.4 Å². The van der Waals surface area contributed by atoms with E-state index in [2.05, 4.69) is 169 Å². The number of hydrogen-bond acceptors (Lipinski definition) is 3. The second kappa shape index (κ2) is 12.5. The first kappa shape index (κ1) is 32.2. The molecule has 2 aromatic heterocycles. The van der Waals surface area contributed by atoms with Crippen LogP contribution in [0.3, 0.4) is 0 Å². The maximum atomic E-state index is 5.22. The smallest absolute Gasteiger partial charge is 0.504 e. The largest absolute Gasteiger partial charge is 3.00 e. The molecular weight excluding hydrogens is 813 g/mol. The number of pyridine rings is 1. The van der Waals surface area contributed by atoms with Crippen molar-refractivity contribution in [1.82, 2.24) is 9.38 Å². The van der Waals surface area contributed by atoms with Crippen molar-refractivity contribution in [1.29, 1.82) is 0 Å². The molecule has 1 aliphatic rings. The number of anilines is 3. The number of imidazole rings is 1. The van der Waals surface area contributed by atoms with E-state index >= 15 is 0 Å². The molecule has 0 saturated heterocycles. The van der Waals surface area contributed by atoms with Crippen LogP contribution in [0.25, 0.3) is 70.9 Å². The molecule has 10 aromatic rings. The zero-order chi connectivity index (χ0) is 34.2. The van der Waals surface area contributed by atoms with E-state index in [1.807, 2.05) is 24.3 Å². The van der Waals surface area contributed by atoms with Crippen LogP contribution in [0, 0.1) is 32.6 Å². The van der Waals surface area contributed by atoms with Gasteiger partial charge in [-0.25, -0.2) is 0 Å². The molecule has 0 unspecified atom stereocenters. The number of hydrogen-bond donors (Lipinski definition) is 0. The first-order valence-electron chi connectivity index (χ1n) is 17.4. The standard InChI is InChI=1S/C33H21N2.C14H12N2.Ir/c1-19-7-5-8-20(2)30(19)28-18-35-29-17-24-15-22-9-3-4-10-23(22)16-27(24)25-14-13-21-11-6-12-26(33(35)34-28)31(21)32(25)29;1-15-11-16(12-7-3-2-4-8-12)14-10-6-5-9-13(14)15;/h3-11,13-18H,1-2H3;2-7,9-11H,1H3;/q-1;-2;+3. The molecule has 11 rings (SSSR count). The Balaban J connectivity index is 0.000000178. The van der Waals surface area contributed by atoms with Gasteiger partial charge in [-0.15, -0.1) is 29.3 Å². The van der Waals surface area contributed by atoms with Crippen molar-refractivity contribution in [3.63, 3.8) is 0 Å². The van der Waals surface area contributed by atoms with Gasteiger partial charge in [0, 0.05) is 28.7 Å². The molecule has 0 aliphatic carbocycles. The summed E-state index contributed by atoms with van der Waals surface area (Å²) in [5.41, 5.74) is 10.4. The number of nitrogens with zero attached hydrogens (tertiary/aromatic N) is 4. The molecule has 0 N–H and O–H groups in total. The van der Waals surface area contributed by atoms with Crippen molar-refractivity contribution in [3.8, 4) is 11.3 Å². The van der Waals surface area contributed by atoms with E-state index in [9.17, 15) is 0 Å². The fourth-order valence-electron chi connectivity index (χ4n) is 8.07. The molecule has 250 valence electrons. The number of aromatic nitrogens is 2. The van der Waals surface area contributed by atoms with Crippen LogP contribution >= 0.6 is 0 Å². The molecule has 4 nitrogen and oxygen atoms in total. The van der Waals surface area contributed by atoms with Crippen LogP contribution in [-0.2, 0) is 20.1 Å². The fourth-order valence-corrected chi connectivity index (χ4v) is 8.07. The van der Waals surface area contributed by atoms with Crippen LogP contribution in [0.4, 0.5) is 17.1 Å². The van der Waals surface area contributed by atoms with Crippen molar-refractivity contribution < 1.29 is 20.1 Å². The second-order valence-corrected chi connectivity index (χ2v) is 13.5. The van der Waals surface area contributed by atoms with E-state index in [1.165, 1.54) is 76.7 Å². The topological polar surface area (TPSA) is 23.8 Å². The minimum atomic E-state index is 0. The van der Waals surface area contributed by atoms with E-state index in [0.29, 0.717) is 0 Å². The van der Waals surface area contributed by atoms with Gasteiger partial charge in [0.1, 0.15) is 0 Å². The third-order valence-corrected chi connectivity index (χ3v) is 10.4. The number of aryl methyl sites for hydroxylation is 2. The number of fused-ring (bicyclic) bond motifs is 7. The third kappa shape index (κ3) is 4.96. The average Bonchev–Trinajstić information content (AvgIpc) is 3.76. The zero-order valence-corrected chi connectivity index (χ0v) is 31.4. The summed E-state index contributed by atoms with van der Waals surface area (Å²) in [6.07, 6.45) is 2.22. The van der Waals surface area contributed by atoms with Gasteiger partial charge >= 0.3 is 20.1 Å². The fraction of sp³-hybridized carbons (Fsp3) is 0.0638. The van der Waals surface area contributed by atoms with Crippen LogP contribution in [0.2, 0.25) is 0 Å². The predicted octanol–water partition coefficient (Wildman–Crippen LogP) is 11.8. The number of para-hydroxylation sites is 3. The summed E-state index contributed by atoms with van der Waals surface area (Å²) < 4.78 is 2.29. The Bertz CT molecular complexity index is 2930. The summed E-state index contributed by atoms with van der Waals surface area (Å²) in [7, 11) is 2.06. The van der Waals surface area contributed by atoms with E-state index in [4.69, 9.17) is 4.98 Å². The van der Waals surface area contributed by atoms with Gasteiger partial charge < -0.3 is 14.2 Å². The summed E-state index contributed by atoms with van der Waals surface area (Å²) in [6.45, 7) is 6.42. The number of rotatable bonds is 2. The van der Waals surface area contributed by atoms with Gasteiger partial charge in [-0.05, 0) is 94.7 Å². The molecular formula is C47H33IrN4. The van der Waals surface area contributed by atoms with Crippen LogP contribution in [0.15, 0.2) is 140 Å². The molecule has 5 heteroatoms. The predicted molar refractivity (Wildman–Crippen MR) is 214 cm³/mol. The van der Waals surface area contributed by atoms with E-state index in [0.717, 1.165) is 22.4 Å². The molecule has 3 heterocycles. The molecule has 8 aromatic carbocycles. The van der Waals surface area contributed by atoms with E-state index < -0.39 is 0 Å². The molecule has 52 heavy (non-hydrogen) atoms. The summed E-state index contributed by atoms with van der Waals surface area (Å²) in [4.78, 5) is 9.48. The van der Waals surface area contributed by atoms with Crippen molar-refractivity contribution in [3.05, 3.63) is 170 Å². The van der Waals surface area contributed by atoms with Crippen LogP contribution in [0.1, 0.15) is 11.1 Å². The molecule has 1 aliphatic heterocycles. The van der Waals surface area contributed by atoms with Gasteiger partial charge in [-0.3, -0.25) is 4.98 Å². The Morgan fingerprint density at radius 2 is 1.37 bits per heavy atom. The summed E-state index contributed by atoms with van der Waals surface area (Å²) in [6, 6.07) is 54.0. The Labute approximate surface area is 316 Å². The minimum absolute atomic E-state index is 0. The Morgan fingerprint density at radius 1 is 0.615 bits per heavy atom. The molecule has 0 radical (unpaired) electrons. The molecule has 0 saturated carbocycles. The van der Waals surface area contributed by atoms with Crippen LogP contribution in [0.5, 0.6) is 0 Å². The molecule has 0 bridgehead atoms. The Morgan fingerprint density at radius 3 is 2.15 bits per heavy atom. The summed E-state index contributed by atoms with van der Waals surface area (Å²) in [5, 5.41) is 11.2. The summed E-state index contributed by atoms with van der Waals surface area (Å²) >= 11 is 0. The molecule has 0 fully saturated rings. The maximum Gasteiger partial charge on any atom is 3.00 e. The first-order valence-corrected chi connectivity index (χ1v) is 17.4. The number of benzene rings is 8. The van der Waals surface area contributed by atoms with Gasteiger partial charge in [0.05, 0.1) is 11.3 Å². The third-order valence-electron chi connectivity index (χ3n) is 10.4. The van der Waals surface area contributed by atoms with Gasteiger partial charge in [-0.2, -0.15) is 37.0 Å². The van der Waals surface area contributed by atoms with Gasteiger partial charge in [-0.1, -0.05) is 77.5 Å². The van der Waals surface area contributed by atoms with Gasteiger partial charge in [0.15, 0.2) is 0 Å². The van der Waals surface area contributed by atoms with E-state index in [-0.39, 0.29) is 20.1 Å². The zero-order valence-electron chi connectivity index (χ0n) is 29.0. The SMILES string of the molecule is CN1[CH-]N(c2[c-]cccc2)c2ccccc21.Cc1cccc(C)c1-c1cn2c3cc4cc5ccccc5cc4c4ccc5cc[c-]c(c5c43)c2n1.[Ir+3]. The minimum Gasteiger partial charge on any atom is -0.504 e. The van der Waals surface area contributed by atoms with Gasteiger partial charge in [0.25, 0.3) is 0 Å². The summed E-state index contributed by atoms with van der Waals surface area (Å²) in [5.74, 6) is 0. The maximum absolute atomic E-state index is 5.22. The van der Waals surface area contributed by atoms with Crippen molar-refractivity contribution in [2.45, 2.75) is 13.8 Å². The Kier molecular flexibility index (Phi) is 7.73. The quantitative estimate of drug-likeness (QED) is 0.0984. The normalized spacial score (nSPS) is 12.6. The average molecular weight is 846 g/mol. The van der Waals surface area contributed by atoms with Crippen molar-refractivity contribution in [2.75, 3.05) is 16.8 Å². The van der Waals surface area contributed by atoms with Crippen LogP contribution < -0.4 is 9.80 Å².